The van der Waals surface area contributed by atoms with Crippen LogP contribution in [-0.2, 0) is 9.53 Å². The summed E-state index contributed by atoms with van der Waals surface area (Å²) in [5.41, 5.74) is 0. The molecule has 0 heterocycles. The van der Waals surface area contributed by atoms with Gasteiger partial charge in [0.2, 0.25) is 0 Å². The smallest absolute Gasteiger partial charge is 0.305 e. The lowest BCUT2D eigenvalue weighted by molar-refractivity contribution is -0.140. The van der Waals surface area contributed by atoms with E-state index in [0.717, 1.165) is 57.8 Å². The first-order valence-corrected chi connectivity index (χ1v) is 8.90. The fourth-order valence-corrected chi connectivity index (χ4v) is 2.27. The Morgan fingerprint density at radius 3 is 1.83 bits per heavy atom. The van der Waals surface area contributed by atoms with Gasteiger partial charge in [-0.15, -0.1) is 0 Å². The quantitative estimate of drug-likeness (QED) is 0.205. The highest BCUT2D eigenvalue weighted by Crippen LogP contribution is 2.17. The summed E-state index contributed by atoms with van der Waals surface area (Å²) >= 11 is 0. The Labute approximate surface area is 140 Å². The SMILES string of the molecule is CCCCCC/C=C(F)/C(F)=C\CCCCCCCC(=O)OC. The lowest BCUT2D eigenvalue weighted by Gasteiger charge is -2.00. The van der Waals surface area contributed by atoms with E-state index in [-0.39, 0.29) is 5.97 Å². The molecule has 0 N–H and O–H groups in total. The number of halogens is 2. The van der Waals surface area contributed by atoms with Crippen molar-refractivity contribution < 1.29 is 18.3 Å². The van der Waals surface area contributed by atoms with Crippen molar-refractivity contribution in [3.8, 4) is 0 Å². The van der Waals surface area contributed by atoms with Gasteiger partial charge in [0.25, 0.3) is 0 Å². The van der Waals surface area contributed by atoms with Crippen molar-refractivity contribution in [2.45, 2.75) is 84.0 Å². The molecule has 0 radical (unpaired) electrons. The van der Waals surface area contributed by atoms with Crippen LogP contribution in [-0.4, -0.2) is 13.1 Å². The average molecular weight is 330 g/mol. The van der Waals surface area contributed by atoms with E-state index in [0.29, 0.717) is 19.3 Å². The fraction of sp³-hybridized carbons (Fsp3) is 0.737. The highest BCUT2D eigenvalue weighted by Gasteiger charge is 2.02. The minimum absolute atomic E-state index is 0.174. The molecule has 134 valence electrons. The Morgan fingerprint density at radius 2 is 1.30 bits per heavy atom. The summed E-state index contributed by atoms with van der Waals surface area (Å²) in [7, 11) is 1.39. The van der Waals surface area contributed by atoms with Crippen LogP contribution in [0, 0.1) is 0 Å². The van der Waals surface area contributed by atoms with Gasteiger partial charge in [-0.05, 0) is 44.3 Å². The predicted molar refractivity (Wildman–Crippen MR) is 91.5 cm³/mol. The molecule has 0 bridgehead atoms. The molecular weight excluding hydrogens is 298 g/mol. The van der Waals surface area contributed by atoms with Gasteiger partial charge in [0.15, 0.2) is 11.7 Å². The maximum absolute atomic E-state index is 13.5. The van der Waals surface area contributed by atoms with Crippen molar-refractivity contribution >= 4 is 5.97 Å². The van der Waals surface area contributed by atoms with E-state index in [1.165, 1.54) is 19.3 Å². The number of hydrogen-bond acceptors (Lipinski definition) is 2. The molecule has 23 heavy (non-hydrogen) atoms. The van der Waals surface area contributed by atoms with Gasteiger partial charge >= 0.3 is 5.97 Å². The van der Waals surface area contributed by atoms with Gasteiger partial charge in [-0.25, -0.2) is 8.78 Å². The van der Waals surface area contributed by atoms with Gasteiger partial charge in [-0.1, -0.05) is 45.4 Å². The van der Waals surface area contributed by atoms with E-state index in [2.05, 4.69) is 11.7 Å². The Bertz CT molecular complexity index is 362. The number of esters is 1. The molecule has 0 unspecified atom stereocenters. The molecule has 0 spiro atoms. The lowest BCUT2D eigenvalue weighted by atomic mass is 10.1. The van der Waals surface area contributed by atoms with Crippen molar-refractivity contribution in [2.75, 3.05) is 7.11 Å². The average Bonchev–Trinajstić information content (AvgIpc) is 2.56. The highest BCUT2D eigenvalue weighted by atomic mass is 19.2. The first-order valence-electron chi connectivity index (χ1n) is 8.90. The molecule has 0 aromatic carbocycles. The summed E-state index contributed by atoms with van der Waals surface area (Å²) in [5, 5.41) is 0. The van der Waals surface area contributed by atoms with Crippen molar-refractivity contribution in [1.29, 1.82) is 0 Å². The molecule has 0 fully saturated rings. The molecule has 0 aliphatic rings. The van der Waals surface area contributed by atoms with Crippen LogP contribution in [0.3, 0.4) is 0 Å². The van der Waals surface area contributed by atoms with Crippen LogP contribution in [0.5, 0.6) is 0 Å². The second-order valence-electron chi connectivity index (χ2n) is 5.84. The van der Waals surface area contributed by atoms with Gasteiger partial charge in [0.1, 0.15) is 0 Å². The molecule has 0 amide bonds. The van der Waals surface area contributed by atoms with Crippen molar-refractivity contribution in [3.63, 3.8) is 0 Å². The van der Waals surface area contributed by atoms with Crippen molar-refractivity contribution in [1.82, 2.24) is 0 Å². The van der Waals surface area contributed by atoms with E-state index in [1.54, 1.807) is 0 Å². The highest BCUT2D eigenvalue weighted by molar-refractivity contribution is 5.68. The van der Waals surface area contributed by atoms with Crippen LogP contribution in [0.15, 0.2) is 23.8 Å². The minimum Gasteiger partial charge on any atom is -0.469 e. The van der Waals surface area contributed by atoms with E-state index in [4.69, 9.17) is 0 Å². The number of unbranched alkanes of at least 4 members (excludes halogenated alkanes) is 9. The third kappa shape index (κ3) is 14.2. The first-order chi connectivity index (χ1) is 11.1. The summed E-state index contributed by atoms with van der Waals surface area (Å²) in [6, 6.07) is 0. The molecule has 2 nitrogen and oxygen atoms in total. The third-order valence-corrected chi connectivity index (χ3v) is 3.75. The Balaban J connectivity index is 3.64. The molecule has 0 aromatic heterocycles. The van der Waals surface area contributed by atoms with E-state index >= 15 is 0 Å². The van der Waals surface area contributed by atoms with Gasteiger partial charge in [-0.3, -0.25) is 4.79 Å². The monoisotopic (exact) mass is 330 g/mol. The van der Waals surface area contributed by atoms with Crippen LogP contribution < -0.4 is 0 Å². The maximum Gasteiger partial charge on any atom is 0.305 e. The first kappa shape index (κ1) is 21.8. The van der Waals surface area contributed by atoms with Crippen LogP contribution >= 0.6 is 0 Å². The van der Waals surface area contributed by atoms with E-state index in [9.17, 15) is 13.6 Å². The number of carbonyl (C=O) groups is 1. The molecule has 0 saturated carbocycles. The number of carbonyl (C=O) groups excluding carboxylic acids is 1. The van der Waals surface area contributed by atoms with E-state index in [1.807, 2.05) is 0 Å². The maximum atomic E-state index is 13.5. The number of allylic oxidation sites excluding steroid dienone is 4. The zero-order chi connectivity index (χ0) is 17.3. The summed E-state index contributed by atoms with van der Waals surface area (Å²) in [5.74, 6) is -1.63. The Hall–Kier alpha value is -1.19. The summed E-state index contributed by atoms with van der Waals surface area (Å²) < 4.78 is 31.5. The molecule has 0 rings (SSSR count). The normalized spacial score (nSPS) is 12.5. The molecular formula is C19H32F2O2. The van der Waals surface area contributed by atoms with Gasteiger partial charge < -0.3 is 4.74 Å². The lowest BCUT2D eigenvalue weighted by Crippen LogP contribution is -1.99. The third-order valence-electron chi connectivity index (χ3n) is 3.75. The largest absolute Gasteiger partial charge is 0.469 e. The standard InChI is InChI=1S/C19H32F2O2/c1-3-4-5-8-11-14-17(20)18(21)15-12-9-6-7-10-13-16-19(22)23-2/h14-15H,3-13,16H2,1-2H3/b17-14-,18-15+. The Morgan fingerprint density at radius 1 is 0.826 bits per heavy atom. The topological polar surface area (TPSA) is 26.3 Å². The number of ether oxygens (including phenoxy) is 1. The van der Waals surface area contributed by atoms with Gasteiger partial charge in [-0.2, -0.15) is 0 Å². The van der Waals surface area contributed by atoms with Gasteiger partial charge in [0, 0.05) is 6.42 Å². The minimum atomic E-state index is -0.730. The molecule has 0 saturated heterocycles. The number of hydrogen-bond donors (Lipinski definition) is 0. The van der Waals surface area contributed by atoms with Crippen molar-refractivity contribution in [3.05, 3.63) is 23.8 Å². The van der Waals surface area contributed by atoms with Crippen molar-refractivity contribution in [2.24, 2.45) is 0 Å². The number of rotatable bonds is 14. The van der Waals surface area contributed by atoms with Crippen LogP contribution in [0.4, 0.5) is 8.78 Å². The fourth-order valence-electron chi connectivity index (χ4n) is 2.27. The molecule has 0 atom stereocenters. The summed E-state index contributed by atoms with van der Waals surface area (Å²) in [6.07, 6.45) is 13.2. The second kappa shape index (κ2) is 15.7. The molecule has 0 aliphatic heterocycles. The zero-order valence-electron chi connectivity index (χ0n) is 14.7. The Kier molecular flexibility index (Phi) is 14.9. The molecule has 0 aromatic rings. The van der Waals surface area contributed by atoms with Gasteiger partial charge in [0.05, 0.1) is 7.11 Å². The predicted octanol–water partition coefficient (Wildman–Crippen LogP) is 6.57. The summed E-state index contributed by atoms with van der Waals surface area (Å²) in [4.78, 5) is 10.9. The second-order valence-corrected chi connectivity index (χ2v) is 5.84. The van der Waals surface area contributed by atoms with Crippen LogP contribution in [0.25, 0.3) is 0 Å². The molecule has 0 aliphatic carbocycles. The van der Waals surface area contributed by atoms with Crippen LogP contribution in [0.1, 0.15) is 84.0 Å². The number of methoxy groups -OCH3 is 1. The zero-order valence-corrected chi connectivity index (χ0v) is 14.7. The van der Waals surface area contributed by atoms with E-state index < -0.39 is 11.7 Å². The van der Waals surface area contributed by atoms with Crippen LogP contribution in [0.2, 0.25) is 0 Å². The summed E-state index contributed by atoms with van der Waals surface area (Å²) in [6.45, 7) is 2.12. The molecule has 4 heteroatoms.